The zero-order valence-corrected chi connectivity index (χ0v) is 18.6. The highest BCUT2D eigenvalue weighted by molar-refractivity contribution is 8.01. The summed E-state index contributed by atoms with van der Waals surface area (Å²) in [4.78, 5) is 17.3. The first-order valence-corrected chi connectivity index (χ1v) is 11.8. The van der Waals surface area contributed by atoms with Crippen molar-refractivity contribution in [3.8, 4) is 11.1 Å². The quantitative estimate of drug-likeness (QED) is 0.467. The van der Waals surface area contributed by atoms with E-state index in [-0.39, 0.29) is 35.7 Å². The van der Waals surface area contributed by atoms with Gasteiger partial charge >= 0.3 is 6.03 Å². The topological polar surface area (TPSA) is 35.6 Å². The second-order valence-corrected chi connectivity index (χ2v) is 9.58. The molecule has 0 unspecified atom stereocenters. The molecule has 2 saturated heterocycles. The van der Waals surface area contributed by atoms with Gasteiger partial charge in [-0.25, -0.2) is 22.4 Å². The number of hydrogen-bond donors (Lipinski definition) is 1. The normalized spacial score (nSPS) is 24.0. The first-order valence-electron chi connectivity index (χ1n) is 11.0. The summed E-state index contributed by atoms with van der Waals surface area (Å²) in [5.41, 5.74) is 0.407. The van der Waals surface area contributed by atoms with Crippen molar-refractivity contribution in [1.29, 1.82) is 0 Å². The van der Waals surface area contributed by atoms with E-state index < -0.39 is 35.7 Å². The van der Waals surface area contributed by atoms with Crippen molar-refractivity contribution in [2.24, 2.45) is 0 Å². The Balaban J connectivity index is 1.44. The smallest absolute Gasteiger partial charge is 0.320 e. The van der Waals surface area contributed by atoms with Crippen LogP contribution >= 0.6 is 11.9 Å². The summed E-state index contributed by atoms with van der Waals surface area (Å²) < 4.78 is 61.1. The van der Waals surface area contributed by atoms with E-state index in [1.54, 1.807) is 17.0 Å². The highest BCUT2D eigenvalue weighted by Crippen LogP contribution is 2.35. The molecule has 5 rings (SSSR count). The summed E-state index contributed by atoms with van der Waals surface area (Å²) in [6, 6.07) is 5.99. The number of hydrogen-bond acceptors (Lipinski definition) is 3. The number of urea groups is 1. The van der Waals surface area contributed by atoms with Crippen molar-refractivity contribution >= 4 is 18.0 Å². The van der Waals surface area contributed by atoms with E-state index in [1.807, 2.05) is 6.08 Å². The van der Waals surface area contributed by atoms with Crippen LogP contribution in [0.3, 0.4) is 0 Å². The molecule has 3 aliphatic rings. The van der Waals surface area contributed by atoms with Gasteiger partial charge < -0.3 is 9.80 Å². The van der Waals surface area contributed by atoms with Crippen molar-refractivity contribution in [2.75, 3.05) is 19.6 Å². The Kier molecular flexibility index (Phi) is 6.09. The van der Waals surface area contributed by atoms with E-state index >= 15 is 8.78 Å². The van der Waals surface area contributed by atoms with Crippen LogP contribution in [0.15, 0.2) is 47.4 Å². The van der Waals surface area contributed by atoms with Crippen LogP contribution in [-0.2, 0) is 6.42 Å². The number of halogens is 4. The van der Waals surface area contributed by atoms with E-state index in [0.29, 0.717) is 13.1 Å². The predicted octanol–water partition coefficient (Wildman–Crippen LogP) is 5.06. The average molecular weight is 478 g/mol. The minimum absolute atomic E-state index is 0.0586. The number of amides is 2. The number of benzene rings is 2. The van der Waals surface area contributed by atoms with Crippen LogP contribution in [-0.4, -0.2) is 53.7 Å². The third-order valence-corrected chi connectivity index (χ3v) is 7.31. The fourth-order valence-corrected chi connectivity index (χ4v) is 5.18. The maximum atomic E-state index is 15.5. The molecule has 2 aromatic rings. The largest absolute Gasteiger partial charge is 0.325 e. The number of carbonyl (C=O) groups excluding carboxylic acids is 1. The first kappa shape index (κ1) is 22.3. The van der Waals surface area contributed by atoms with Crippen LogP contribution in [0.5, 0.6) is 0 Å². The van der Waals surface area contributed by atoms with Gasteiger partial charge in [0.25, 0.3) is 0 Å². The fraction of sp³-hybridized carbons (Fsp3) is 0.375. The molecular formula is C24H23F4N3OS. The second kappa shape index (κ2) is 9.02. The Morgan fingerprint density at radius 2 is 1.85 bits per heavy atom. The molecule has 2 aliphatic heterocycles. The monoisotopic (exact) mass is 477 g/mol. The standard InChI is InChI=1S/C24H23F4N3OS/c25-16-9-15(10-17(26)12-16)19-4-1-3-14(22(19)28)11-21-23(29-33-18-5-6-18)20(27)13-31(21)24(32)30-7-2-8-30/h1,3-5,9-10,12,20-21,23,29H,2,6-8,11,13H2/t20-,21-,23-/m0/s1. The SMILES string of the molecule is O=C(N1CCC1)N1C[C@H](F)[C@H](NSC2=CC2)[C@@H]1Cc1cccc(-c2cc(F)cc(F)c2)c1F. The fourth-order valence-electron chi connectivity index (χ4n) is 4.33. The zero-order valence-electron chi connectivity index (χ0n) is 17.7. The molecule has 2 heterocycles. The number of carbonyl (C=O) groups is 1. The highest BCUT2D eigenvalue weighted by atomic mass is 32.2. The van der Waals surface area contributed by atoms with Gasteiger partial charge in [0.15, 0.2) is 0 Å². The van der Waals surface area contributed by atoms with Crippen molar-refractivity contribution in [3.63, 3.8) is 0 Å². The molecule has 4 nitrogen and oxygen atoms in total. The first-order chi connectivity index (χ1) is 15.9. The van der Waals surface area contributed by atoms with Crippen LogP contribution in [0.25, 0.3) is 11.1 Å². The number of nitrogens with one attached hydrogen (secondary N) is 1. The number of rotatable bonds is 6. The van der Waals surface area contributed by atoms with Crippen LogP contribution < -0.4 is 4.72 Å². The molecule has 0 saturated carbocycles. The number of allylic oxidation sites excluding steroid dienone is 2. The summed E-state index contributed by atoms with van der Waals surface area (Å²) in [5, 5.41) is 0. The third-order valence-electron chi connectivity index (χ3n) is 6.33. The van der Waals surface area contributed by atoms with Crippen molar-refractivity contribution < 1.29 is 22.4 Å². The van der Waals surface area contributed by atoms with E-state index in [2.05, 4.69) is 4.72 Å². The summed E-state index contributed by atoms with van der Waals surface area (Å²) in [6.45, 7) is 1.20. The Bertz CT molecular complexity index is 1090. The molecule has 0 spiro atoms. The lowest BCUT2D eigenvalue weighted by Crippen LogP contribution is -2.53. The lowest BCUT2D eigenvalue weighted by atomic mass is 9.95. The van der Waals surface area contributed by atoms with E-state index in [4.69, 9.17) is 0 Å². The Labute approximate surface area is 193 Å². The Morgan fingerprint density at radius 3 is 2.48 bits per heavy atom. The average Bonchev–Trinajstić information content (AvgIpc) is 3.50. The minimum atomic E-state index is -1.30. The molecule has 1 N–H and O–H groups in total. The van der Waals surface area contributed by atoms with Crippen molar-refractivity contribution in [3.05, 3.63) is 70.4 Å². The molecule has 33 heavy (non-hydrogen) atoms. The lowest BCUT2D eigenvalue weighted by molar-refractivity contribution is 0.119. The molecule has 2 fully saturated rings. The number of likely N-dealkylation sites (tertiary alicyclic amines) is 2. The molecule has 0 radical (unpaired) electrons. The summed E-state index contributed by atoms with van der Waals surface area (Å²) in [6.07, 6.45) is 2.57. The summed E-state index contributed by atoms with van der Waals surface area (Å²) >= 11 is 1.35. The van der Waals surface area contributed by atoms with E-state index in [1.165, 1.54) is 22.9 Å². The maximum absolute atomic E-state index is 15.5. The molecule has 0 aromatic heterocycles. The zero-order chi connectivity index (χ0) is 23.1. The predicted molar refractivity (Wildman–Crippen MR) is 120 cm³/mol. The summed E-state index contributed by atoms with van der Waals surface area (Å²) in [5.74, 6) is -2.22. The second-order valence-electron chi connectivity index (χ2n) is 8.62. The van der Waals surface area contributed by atoms with Gasteiger partial charge in [-0.3, -0.25) is 4.72 Å². The maximum Gasteiger partial charge on any atom is 0.320 e. The van der Waals surface area contributed by atoms with Gasteiger partial charge in [0.2, 0.25) is 0 Å². The van der Waals surface area contributed by atoms with Crippen molar-refractivity contribution in [1.82, 2.24) is 14.5 Å². The van der Waals surface area contributed by atoms with Gasteiger partial charge in [0, 0.05) is 29.6 Å². The minimum Gasteiger partial charge on any atom is -0.325 e. The lowest BCUT2D eigenvalue weighted by Gasteiger charge is -2.37. The van der Waals surface area contributed by atoms with Gasteiger partial charge in [-0.1, -0.05) is 24.3 Å². The van der Waals surface area contributed by atoms with Gasteiger partial charge in [0.05, 0.1) is 18.6 Å². The Morgan fingerprint density at radius 1 is 1.12 bits per heavy atom. The van der Waals surface area contributed by atoms with Crippen molar-refractivity contribution in [2.45, 2.75) is 37.5 Å². The van der Waals surface area contributed by atoms with E-state index in [0.717, 1.165) is 35.9 Å². The van der Waals surface area contributed by atoms with Gasteiger partial charge in [-0.05, 0) is 54.5 Å². The third kappa shape index (κ3) is 4.61. The molecular weight excluding hydrogens is 454 g/mol. The Hall–Kier alpha value is -2.52. The highest BCUT2D eigenvalue weighted by Gasteiger charge is 2.46. The van der Waals surface area contributed by atoms with E-state index in [9.17, 15) is 13.6 Å². The molecule has 9 heteroatoms. The van der Waals surface area contributed by atoms with Crippen LogP contribution in [0.1, 0.15) is 18.4 Å². The van der Waals surface area contributed by atoms with Gasteiger partial charge in [0.1, 0.15) is 23.6 Å². The molecule has 2 aromatic carbocycles. The van der Waals surface area contributed by atoms with Crippen LogP contribution in [0.2, 0.25) is 0 Å². The molecule has 3 atom stereocenters. The van der Waals surface area contributed by atoms with Crippen LogP contribution in [0, 0.1) is 17.5 Å². The van der Waals surface area contributed by atoms with Crippen LogP contribution in [0.4, 0.5) is 22.4 Å². The molecule has 174 valence electrons. The number of alkyl halides is 1. The number of nitrogens with zero attached hydrogens (tertiary/aromatic N) is 2. The van der Waals surface area contributed by atoms with Gasteiger partial charge in [-0.2, -0.15) is 0 Å². The molecule has 0 bridgehead atoms. The van der Waals surface area contributed by atoms with Gasteiger partial charge in [-0.15, -0.1) is 0 Å². The summed E-state index contributed by atoms with van der Waals surface area (Å²) in [7, 11) is 0. The molecule has 1 aliphatic carbocycles. The molecule has 2 amide bonds.